The Labute approximate surface area is 126 Å². The zero-order chi connectivity index (χ0) is 14.7. The van der Waals surface area contributed by atoms with Gasteiger partial charge in [0.05, 0.1) is 26.4 Å². The summed E-state index contributed by atoms with van der Waals surface area (Å²) in [6.07, 6.45) is 4.04. The molecular weight excluding hydrogens is 270 g/mol. The quantitative estimate of drug-likeness (QED) is 0.607. The van der Waals surface area contributed by atoms with Crippen LogP contribution < -0.4 is 5.73 Å². The molecule has 3 rings (SSSR count). The zero-order valence-electron chi connectivity index (χ0n) is 12.9. The first-order valence-corrected chi connectivity index (χ1v) is 8.11. The first-order valence-electron chi connectivity index (χ1n) is 8.11. The molecule has 1 unspecified atom stereocenters. The minimum Gasteiger partial charge on any atom is -0.381 e. The van der Waals surface area contributed by atoms with Crippen molar-refractivity contribution < 1.29 is 14.2 Å². The molecule has 21 heavy (non-hydrogen) atoms. The fraction of sp³-hybridized carbons (Fsp3) is 0.933. The van der Waals surface area contributed by atoms with Gasteiger partial charge in [-0.2, -0.15) is 0 Å². The van der Waals surface area contributed by atoms with Crippen molar-refractivity contribution in [1.82, 2.24) is 4.90 Å². The predicted molar refractivity (Wildman–Crippen MR) is 80.1 cm³/mol. The number of aliphatic imine (C=N–C) groups is 1. The molecule has 1 atom stereocenters. The maximum absolute atomic E-state index is 6.10. The normalized spacial score (nSPS) is 31.0. The summed E-state index contributed by atoms with van der Waals surface area (Å²) < 4.78 is 17.3. The van der Waals surface area contributed by atoms with Crippen LogP contribution >= 0.6 is 0 Å². The average Bonchev–Trinajstić information content (AvgIpc) is 2.89. The van der Waals surface area contributed by atoms with Crippen molar-refractivity contribution in [3.05, 3.63) is 0 Å². The number of piperidine rings is 1. The summed E-state index contributed by atoms with van der Waals surface area (Å²) >= 11 is 0. The van der Waals surface area contributed by atoms with Crippen LogP contribution in [0.4, 0.5) is 0 Å². The highest BCUT2D eigenvalue weighted by Gasteiger charge is 2.42. The van der Waals surface area contributed by atoms with E-state index in [1.807, 2.05) is 0 Å². The largest absolute Gasteiger partial charge is 0.381 e. The summed E-state index contributed by atoms with van der Waals surface area (Å²) in [5.41, 5.74) is 6.10. The summed E-state index contributed by atoms with van der Waals surface area (Å²) in [6.45, 7) is 6.93. The molecule has 0 aromatic heterocycles. The molecule has 3 aliphatic heterocycles. The molecule has 0 aromatic carbocycles. The van der Waals surface area contributed by atoms with Gasteiger partial charge in [-0.1, -0.05) is 6.92 Å². The summed E-state index contributed by atoms with van der Waals surface area (Å²) in [4.78, 5) is 6.70. The summed E-state index contributed by atoms with van der Waals surface area (Å²) in [6, 6.07) is 0. The van der Waals surface area contributed by atoms with Gasteiger partial charge in [0.25, 0.3) is 0 Å². The lowest BCUT2D eigenvalue weighted by atomic mass is 10.00. The lowest BCUT2D eigenvalue weighted by molar-refractivity contribution is -0.210. The van der Waals surface area contributed by atoms with Gasteiger partial charge in [0.2, 0.25) is 0 Å². The number of guanidine groups is 1. The Hall–Kier alpha value is -0.850. The first-order chi connectivity index (χ1) is 10.2. The molecule has 6 nitrogen and oxygen atoms in total. The third-order valence-corrected chi connectivity index (χ3v) is 4.73. The molecule has 120 valence electrons. The number of rotatable bonds is 2. The maximum Gasteiger partial charge on any atom is 0.191 e. The van der Waals surface area contributed by atoms with E-state index in [-0.39, 0.29) is 6.10 Å². The molecule has 3 aliphatic rings. The Morgan fingerprint density at radius 1 is 1.29 bits per heavy atom. The van der Waals surface area contributed by atoms with E-state index in [1.54, 1.807) is 0 Å². The van der Waals surface area contributed by atoms with Gasteiger partial charge in [-0.15, -0.1) is 0 Å². The van der Waals surface area contributed by atoms with Crippen molar-refractivity contribution in [2.75, 3.05) is 39.5 Å². The second-order valence-corrected chi connectivity index (χ2v) is 6.44. The van der Waals surface area contributed by atoms with Crippen molar-refractivity contribution in [2.45, 2.75) is 44.5 Å². The second kappa shape index (κ2) is 6.50. The minimum absolute atomic E-state index is 0.0189. The van der Waals surface area contributed by atoms with Crippen LogP contribution in [0.3, 0.4) is 0 Å². The molecule has 0 bridgehead atoms. The predicted octanol–water partition coefficient (Wildman–Crippen LogP) is 0.955. The molecule has 2 N–H and O–H groups in total. The molecule has 0 saturated carbocycles. The molecule has 1 spiro atoms. The molecule has 0 amide bonds. The zero-order valence-corrected chi connectivity index (χ0v) is 12.9. The van der Waals surface area contributed by atoms with E-state index < -0.39 is 5.79 Å². The molecule has 0 aliphatic carbocycles. The van der Waals surface area contributed by atoms with Crippen LogP contribution in [0.15, 0.2) is 4.99 Å². The van der Waals surface area contributed by atoms with Crippen LogP contribution in [0.2, 0.25) is 0 Å². The van der Waals surface area contributed by atoms with E-state index in [9.17, 15) is 0 Å². The Bertz CT molecular complexity index is 374. The number of hydrogen-bond donors (Lipinski definition) is 1. The van der Waals surface area contributed by atoms with Crippen LogP contribution in [-0.4, -0.2) is 62.2 Å². The van der Waals surface area contributed by atoms with Crippen molar-refractivity contribution in [3.8, 4) is 0 Å². The summed E-state index contributed by atoms with van der Waals surface area (Å²) in [5.74, 6) is 1.03. The molecular formula is C15H27N3O3. The highest BCUT2D eigenvalue weighted by atomic mass is 16.7. The third-order valence-electron chi connectivity index (χ3n) is 4.73. The monoisotopic (exact) mass is 297 g/mol. The van der Waals surface area contributed by atoms with Crippen molar-refractivity contribution in [1.29, 1.82) is 0 Å². The summed E-state index contributed by atoms with van der Waals surface area (Å²) in [7, 11) is 0. The smallest absolute Gasteiger partial charge is 0.191 e. The van der Waals surface area contributed by atoms with Gasteiger partial charge in [0.15, 0.2) is 11.7 Å². The number of ether oxygens (including phenoxy) is 3. The summed E-state index contributed by atoms with van der Waals surface area (Å²) in [5, 5.41) is 0. The van der Waals surface area contributed by atoms with E-state index in [4.69, 9.17) is 19.9 Å². The van der Waals surface area contributed by atoms with Gasteiger partial charge in [0, 0.05) is 25.9 Å². The van der Waals surface area contributed by atoms with E-state index in [2.05, 4.69) is 16.8 Å². The van der Waals surface area contributed by atoms with Crippen LogP contribution in [-0.2, 0) is 14.2 Å². The first kappa shape index (κ1) is 15.1. The van der Waals surface area contributed by atoms with Crippen LogP contribution in [0.1, 0.15) is 32.6 Å². The Kier molecular flexibility index (Phi) is 4.66. The third kappa shape index (κ3) is 3.67. The van der Waals surface area contributed by atoms with Gasteiger partial charge >= 0.3 is 0 Å². The fourth-order valence-corrected chi connectivity index (χ4v) is 3.18. The Morgan fingerprint density at radius 3 is 2.71 bits per heavy atom. The van der Waals surface area contributed by atoms with Crippen LogP contribution in [0.25, 0.3) is 0 Å². The van der Waals surface area contributed by atoms with Gasteiger partial charge in [-0.05, 0) is 18.8 Å². The van der Waals surface area contributed by atoms with E-state index in [1.165, 1.54) is 12.8 Å². The molecule has 3 fully saturated rings. The van der Waals surface area contributed by atoms with Crippen molar-refractivity contribution in [2.24, 2.45) is 16.6 Å². The van der Waals surface area contributed by atoms with Crippen molar-refractivity contribution in [3.63, 3.8) is 0 Å². The number of likely N-dealkylation sites (tertiary alicyclic amines) is 1. The lowest BCUT2D eigenvalue weighted by Gasteiger charge is -2.32. The van der Waals surface area contributed by atoms with Gasteiger partial charge in [-0.3, -0.25) is 4.99 Å². The molecule has 6 heteroatoms. The van der Waals surface area contributed by atoms with Gasteiger partial charge in [0.1, 0.15) is 6.10 Å². The van der Waals surface area contributed by atoms with Crippen LogP contribution in [0, 0.1) is 5.92 Å². The van der Waals surface area contributed by atoms with Crippen molar-refractivity contribution >= 4 is 5.96 Å². The molecule has 3 saturated heterocycles. The highest BCUT2D eigenvalue weighted by molar-refractivity contribution is 5.78. The van der Waals surface area contributed by atoms with E-state index in [0.717, 1.165) is 31.8 Å². The fourth-order valence-electron chi connectivity index (χ4n) is 3.18. The molecule has 0 radical (unpaired) electrons. The topological polar surface area (TPSA) is 69.3 Å². The Morgan fingerprint density at radius 2 is 2.00 bits per heavy atom. The number of nitrogens with two attached hydrogens (primary N) is 1. The lowest BCUT2D eigenvalue weighted by Crippen LogP contribution is -2.43. The number of hydrogen-bond acceptors (Lipinski definition) is 4. The second-order valence-electron chi connectivity index (χ2n) is 6.44. The SMILES string of the molecule is CC1CCN(C(N)=NCC2COC3(CCOCC3)O2)CC1. The minimum atomic E-state index is -0.423. The highest BCUT2D eigenvalue weighted by Crippen LogP contribution is 2.33. The van der Waals surface area contributed by atoms with E-state index in [0.29, 0.717) is 32.3 Å². The molecule has 3 heterocycles. The van der Waals surface area contributed by atoms with E-state index >= 15 is 0 Å². The van der Waals surface area contributed by atoms with Gasteiger partial charge in [-0.25, -0.2) is 0 Å². The number of nitrogens with zero attached hydrogens (tertiary/aromatic N) is 2. The van der Waals surface area contributed by atoms with Gasteiger partial charge < -0.3 is 24.8 Å². The molecule has 0 aromatic rings. The maximum atomic E-state index is 6.10. The Balaban J connectivity index is 1.47. The standard InChI is InChI=1S/C15H27N3O3/c1-12-2-6-18(7-3-12)14(16)17-10-13-11-20-15(21-13)4-8-19-9-5-15/h12-13H,2-11H2,1H3,(H2,16,17). The average molecular weight is 297 g/mol. The van der Waals surface area contributed by atoms with Crippen LogP contribution in [0.5, 0.6) is 0 Å².